The predicted octanol–water partition coefficient (Wildman–Crippen LogP) is 0.599. The Balaban J connectivity index is 2.86. The van der Waals surface area contributed by atoms with E-state index in [2.05, 4.69) is 0 Å². The van der Waals surface area contributed by atoms with Gasteiger partial charge in [0.2, 0.25) is 0 Å². The molecular formula is C8H11NO2. The Labute approximate surface area is 65.1 Å². The Morgan fingerprint density at radius 3 is 2.55 bits per heavy atom. The summed E-state index contributed by atoms with van der Waals surface area (Å²) in [4.78, 5) is 0. The molecule has 1 rings (SSSR count). The maximum Gasteiger partial charge on any atom is 0.157 e. The van der Waals surface area contributed by atoms with Crippen LogP contribution in [0.4, 0.5) is 0 Å². The summed E-state index contributed by atoms with van der Waals surface area (Å²) in [6, 6.07) is 4.71. The lowest BCUT2D eigenvalue weighted by atomic mass is 10.2. The van der Waals surface area contributed by atoms with Crippen molar-refractivity contribution >= 4 is 0 Å². The smallest absolute Gasteiger partial charge is 0.157 e. The van der Waals surface area contributed by atoms with Crippen LogP contribution in [0.3, 0.4) is 0 Å². The first-order chi connectivity index (χ1) is 5.24. The van der Waals surface area contributed by atoms with Gasteiger partial charge in [-0.3, -0.25) is 0 Å². The van der Waals surface area contributed by atoms with Crippen LogP contribution in [0.5, 0.6) is 11.5 Å². The van der Waals surface area contributed by atoms with Gasteiger partial charge in [0.15, 0.2) is 11.5 Å². The molecule has 0 bridgehead atoms. The van der Waals surface area contributed by atoms with Crippen molar-refractivity contribution < 1.29 is 10.2 Å². The average molecular weight is 155 g/mol. The van der Waals surface area contributed by atoms with E-state index in [1.807, 2.05) is 0 Å². The van der Waals surface area contributed by atoms with Crippen LogP contribution in [0.1, 0.15) is 5.56 Å². The summed E-state index contributed by atoms with van der Waals surface area (Å²) in [7, 11) is 0. The minimum Gasteiger partial charge on any atom is -0.504 e. The quantitative estimate of drug-likeness (QED) is 0.548. The third-order valence-electron chi connectivity index (χ3n) is 1.47. The molecule has 3 heteroatoms. The molecule has 0 aliphatic heterocycles. The Morgan fingerprint density at radius 1 is 1.27 bits per heavy atom. The topological polar surface area (TPSA) is 66.5 Å². The van der Waals surface area contributed by atoms with Gasteiger partial charge in [-0.15, -0.1) is 0 Å². The van der Waals surface area contributed by atoms with Crippen molar-refractivity contribution in [2.24, 2.45) is 5.73 Å². The van der Waals surface area contributed by atoms with E-state index in [1.165, 1.54) is 12.1 Å². The zero-order valence-corrected chi connectivity index (χ0v) is 6.12. The normalized spacial score (nSPS) is 9.91. The number of phenols is 2. The van der Waals surface area contributed by atoms with Gasteiger partial charge < -0.3 is 15.9 Å². The van der Waals surface area contributed by atoms with E-state index in [-0.39, 0.29) is 11.5 Å². The SMILES string of the molecule is N[14CH2]Cc1ccc(O)c(O)c1. The number of hydrogen-bond donors (Lipinski definition) is 3. The zero-order valence-electron chi connectivity index (χ0n) is 6.12. The van der Waals surface area contributed by atoms with Crippen molar-refractivity contribution in [2.75, 3.05) is 6.54 Å². The Morgan fingerprint density at radius 2 is 2.00 bits per heavy atom. The lowest BCUT2D eigenvalue weighted by Gasteiger charge is -2.00. The number of hydrogen-bond acceptors (Lipinski definition) is 3. The van der Waals surface area contributed by atoms with Crippen molar-refractivity contribution in [1.29, 1.82) is 0 Å². The Kier molecular flexibility index (Phi) is 2.33. The standard InChI is InChI=1S/C8H11NO2/c9-4-3-6-1-2-7(10)8(11)5-6/h1-2,5,10-11H,3-4,9H2/i4+2. The van der Waals surface area contributed by atoms with Gasteiger partial charge in [0.1, 0.15) is 0 Å². The highest BCUT2D eigenvalue weighted by Crippen LogP contribution is 2.24. The first-order valence-electron chi connectivity index (χ1n) is 3.45. The molecule has 3 nitrogen and oxygen atoms in total. The van der Waals surface area contributed by atoms with Gasteiger partial charge in [-0.25, -0.2) is 0 Å². The third kappa shape index (κ3) is 1.85. The minimum absolute atomic E-state index is 0.0871. The van der Waals surface area contributed by atoms with Crippen LogP contribution >= 0.6 is 0 Å². The van der Waals surface area contributed by atoms with Crippen molar-refractivity contribution in [2.45, 2.75) is 6.42 Å². The Hall–Kier alpha value is -1.22. The number of rotatable bonds is 2. The molecule has 0 saturated heterocycles. The number of aromatic hydroxyl groups is 2. The minimum atomic E-state index is -0.0919. The molecule has 1 aromatic rings. The van der Waals surface area contributed by atoms with E-state index >= 15 is 0 Å². The Bertz CT molecular complexity index is 248. The van der Waals surface area contributed by atoms with Crippen LogP contribution in [0.15, 0.2) is 18.2 Å². The van der Waals surface area contributed by atoms with Crippen LogP contribution in [0.2, 0.25) is 0 Å². The highest BCUT2D eigenvalue weighted by molar-refractivity contribution is 5.40. The predicted molar refractivity (Wildman–Crippen MR) is 42.5 cm³/mol. The van der Waals surface area contributed by atoms with Gasteiger partial charge in [-0.1, -0.05) is 6.07 Å². The molecule has 60 valence electrons. The molecule has 0 atom stereocenters. The van der Waals surface area contributed by atoms with E-state index in [1.54, 1.807) is 6.07 Å². The van der Waals surface area contributed by atoms with E-state index in [4.69, 9.17) is 15.9 Å². The number of nitrogens with two attached hydrogens (primary N) is 1. The van der Waals surface area contributed by atoms with Crippen LogP contribution < -0.4 is 5.73 Å². The molecule has 0 fully saturated rings. The second-order valence-electron chi connectivity index (χ2n) is 2.36. The van der Waals surface area contributed by atoms with Gasteiger partial charge in [-0.2, -0.15) is 0 Å². The summed E-state index contributed by atoms with van der Waals surface area (Å²) < 4.78 is 0. The lowest BCUT2D eigenvalue weighted by Crippen LogP contribution is -2.02. The van der Waals surface area contributed by atoms with E-state index in [0.717, 1.165) is 5.56 Å². The largest absolute Gasteiger partial charge is 0.504 e. The van der Waals surface area contributed by atoms with Gasteiger partial charge in [-0.05, 0) is 30.7 Å². The van der Waals surface area contributed by atoms with E-state index in [9.17, 15) is 0 Å². The van der Waals surface area contributed by atoms with Crippen LogP contribution in [0.25, 0.3) is 0 Å². The van der Waals surface area contributed by atoms with Crippen molar-refractivity contribution in [3.63, 3.8) is 0 Å². The first kappa shape index (κ1) is 7.88. The summed E-state index contributed by atoms with van der Waals surface area (Å²) in [6.45, 7) is 0.546. The molecule has 1 aromatic carbocycles. The molecular weight excluding hydrogens is 144 g/mol. The van der Waals surface area contributed by atoms with Crippen LogP contribution in [-0.2, 0) is 6.42 Å². The van der Waals surface area contributed by atoms with Crippen molar-refractivity contribution in [3.05, 3.63) is 23.8 Å². The molecule has 0 saturated carbocycles. The highest BCUT2D eigenvalue weighted by atomic mass is 16.3. The molecule has 0 unspecified atom stereocenters. The van der Waals surface area contributed by atoms with Gasteiger partial charge >= 0.3 is 0 Å². The highest BCUT2D eigenvalue weighted by Gasteiger charge is 1.98. The number of benzene rings is 1. The number of phenolic OH excluding ortho intramolecular Hbond substituents is 2. The van der Waals surface area contributed by atoms with Gasteiger partial charge in [0.25, 0.3) is 0 Å². The van der Waals surface area contributed by atoms with E-state index in [0.29, 0.717) is 13.0 Å². The second-order valence-corrected chi connectivity index (χ2v) is 2.36. The molecule has 0 amide bonds. The van der Waals surface area contributed by atoms with Crippen LogP contribution in [-0.4, -0.2) is 16.8 Å². The molecule has 0 heterocycles. The summed E-state index contributed by atoms with van der Waals surface area (Å²) >= 11 is 0. The maximum atomic E-state index is 9.04. The summed E-state index contributed by atoms with van der Waals surface area (Å²) in [5, 5.41) is 18.0. The second kappa shape index (κ2) is 3.25. The van der Waals surface area contributed by atoms with Crippen molar-refractivity contribution in [3.8, 4) is 11.5 Å². The van der Waals surface area contributed by atoms with Crippen LogP contribution in [0, 0.1) is 0 Å². The fraction of sp³-hybridized carbons (Fsp3) is 0.250. The van der Waals surface area contributed by atoms with Gasteiger partial charge in [0.05, 0.1) is 0 Å². The zero-order chi connectivity index (χ0) is 8.27. The lowest BCUT2D eigenvalue weighted by molar-refractivity contribution is 0.403. The van der Waals surface area contributed by atoms with Crippen molar-refractivity contribution in [1.82, 2.24) is 0 Å². The monoisotopic (exact) mass is 155 g/mol. The van der Waals surface area contributed by atoms with E-state index < -0.39 is 0 Å². The molecule has 4 N–H and O–H groups in total. The molecule has 11 heavy (non-hydrogen) atoms. The van der Waals surface area contributed by atoms with Gasteiger partial charge in [0, 0.05) is 0 Å². The molecule has 0 aromatic heterocycles. The molecule has 0 radical (unpaired) electrons. The fourth-order valence-corrected chi connectivity index (χ4v) is 0.891. The third-order valence-corrected chi connectivity index (χ3v) is 1.47. The molecule has 0 spiro atoms. The summed E-state index contributed by atoms with van der Waals surface area (Å²) in [5.74, 6) is -0.179. The summed E-state index contributed by atoms with van der Waals surface area (Å²) in [6.07, 6.45) is 0.716. The first-order valence-corrected chi connectivity index (χ1v) is 3.45. The fourth-order valence-electron chi connectivity index (χ4n) is 0.891. The average Bonchev–Trinajstić information content (AvgIpc) is 1.98. The maximum absolute atomic E-state index is 9.04. The molecule has 0 aliphatic rings. The molecule has 0 aliphatic carbocycles. The summed E-state index contributed by atoms with van der Waals surface area (Å²) in [5.41, 5.74) is 6.24.